The molecule has 1 heterocycles. The van der Waals surface area contributed by atoms with Gasteiger partial charge in [-0.05, 0) is 31.5 Å². The summed E-state index contributed by atoms with van der Waals surface area (Å²) in [6.45, 7) is 13.2. The third-order valence-corrected chi connectivity index (χ3v) is 9.11. The lowest BCUT2D eigenvalue weighted by Crippen LogP contribution is -2.47. The molecule has 0 bridgehead atoms. The number of hydrogen-bond donors (Lipinski definition) is 1. The van der Waals surface area contributed by atoms with E-state index in [2.05, 4.69) is 33.9 Å². The lowest BCUT2D eigenvalue weighted by molar-refractivity contribution is -0.137. The molecule has 1 fully saturated rings. The zero-order valence-electron chi connectivity index (χ0n) is 15.0. The molecule has 6 nitrogen and oxygen atoms in total. The number of carbonyl (C=O) groups is 2. The average Bonchev–Trinajstić information content (AvgIpc) is 2.77. The molecule has 2 atom stereocenters. The molecule has 1 aliphatic rings. The molecule has 0 unspecified atom stereocenters. The van der Waals surface area contributed by atoms with Crippen LogP contribution in [0.5, 0.6) is 0 Å². The fourth-order valence-corrected chi connectivity index (χ4v) is 3.66. The Morgan fingerprint density at radius 1 is 1.35 bits per heavy atom. The quantitative estimate of drug-likeness (QED) is 0.471. The van der Waals surface area contributed by atoms with E-state index in [4.69, 9.17) is 9.16 Å². The highest BCUT2D eigenvalue weighted by molar-refractivity contribution is 6.74. The highest BCUT2D eigenvalue weighted by Crippen LogP contribution is 2.39. The van der Waals surface area contributed by atoms with Crippen LogP contribution >= 0.6 is 0 Å². The number of rotatable bonds is 5. The molecule has 0 spiro atoms. The molecule has 0 saturated carbocycles. The molecule has 1 N–H and O–H groups in total. The Balaban J connectivity index is 2.93. The Hall–Kier alpha value is -1.34. The van der Waals surface area contributed by atoms with Crippen molar-refractivity contribution in [2.45, 2.75) is 64.4 Å². The van der Waals surface area contributed by atoms with Crippen molar-refractivity contribution in [2.75, 3.05) is 13.2 Å². The first kappa shape index (κ1) is 19.7. The SMILES string of the molecule is CCOC(=O)/C=C/[C@@H]1[C@@H](O[Si](C)(C)C(C)(C)C)CCN1C(=O)O. The normalized spacial score (nSPS) is 22.6. The lowest BCUT2D eigenvalue weighted by Gasteiger charge is -2.39. The van der Waals surface area contributed by atoms with Crippen LogP contribution in [-0.4, -0.2) is 55.7 Å². The van der Waals surface area contributed by atoms with Crippen LogP contribution in [0.3, 0.4) is 0 Å². The summed E-state index contributed by atoms with van der Waals surface area (Å²) in [5.74, 6) is -0.462. The van der Waals surface area contributed by atoms with E-state index in [-0.39, 0.29) is 11.1 Å². The zero-order chi connectivity index (χ0) is 17.8. The van der Waals surface area contributed by atoms with Gasteiger partial charge in [-0.15, -0.1) is 0 Å². The standard InChI is InChI=1S/C16H29NO5Si/c1-7-21-14(18)9-8-12-13(10-11-17(12)15(19)20)22-23(5,6)16(2,3)4/h8-9,12-13H,7,10-11H2,1-6H3,(H,19,20)/b9-8+/t12-,13+/m1/s1. The fraction of sp³-hybridized carbons (Fsp3) is 0.750. The summed E-state index contributed by atoms with van der Waals surface area (Å²) in [5.41, 5.74) is 0. The van der Waals surface area contributed by atoms with Crippen LogP contribution in [-0.2, 0) is 14.0 Å². The van der Waals surface area contributed by atoms with Gasteiger partial charge in [-0.25, -0.2) is 9.59 Å². The molecule has 1 amide bonds. The van der Waals surface area contributed by atoms with E-state index in [0.717, 1.165) is 0 Å². The van der Waals surface area contributed by atoms with E-state index < -0.39 is 26.4 Å². The summed E-state index contributed by atoms with van der Waals surface area (Å²) in [5, 5.41) is 9.40. The summed E-state index contributed by atoms with van der Waals surface area (Å²) in [7, 11) is -2.02. The van der Waals surface area contributed by atoms with Gasteiger partial charge in [0.1, 0.15) is 0 Å². The van der Waals surface area contributed by atoms with E-state index in [1.54, 1.807) is 13.0 Å². The van der Waals surface area contributed by atoms with Gasteiger partial charge in [0.25, 0.3) is 0 Å². The predicted molar refractivity (Wildman–Crippen MR) is 91.0 cm³/mol. The van der Waals surface area contributed by atoms with Gasteiger partial charge in [0.05, 0.1) is 18.8 Å². The van der Waals surface area contributed by atoms with Gasteiger partial charge in [-0.2, -0.15) is 0 Å². The molecule has 0 aliphatic carbocycles. The Morgan fingerprint density at radius 2 is 1.96 bits per heavy atom. The van der Waals surface area contributed by atoms with Crippen molar-refractivity contribution < 1.29 is 23.9 Å². The van der Waals surface area contributed by atoms with Crippen molar-refractivity contribution in [1.29, 1.82) is 0 Å². The Labute approximate surface area is 139 Å². The number of hydrogen-bond acceptors (Lipinski definition) is 4. The highest BCUT2D eigenvalue weighted by atomic mass is 28.4. The molecule has 7 heteroatoms. The molecule has 0 radical (unpaired) electrons. The maximum absolute atomic E-state index is 11.5. The number of esters is 1. The Kier molecular flexibility index (Phi) is 6.41. The van der Waals surface area contributed by atoms with Crippen molar-refractivity contribution >= 4 is 20.4 Å². The first-order chi connectivity index (χ1) is 10.5. The van der Waals surface area contributed by atoms with Crippen LogP contribution in [0.15, 0.2) is 12.2 Å². The number of carbonyl (C=O) groups excluding carboxylic acids is 1. The van der Waals surface area contributed by atoms with Gasteiger partial charge < -0.3 is 14.3 Å². The fourth-order valence-electron chi connectivity index (χ4n) is 2.29. The van der Waals surface area contributed by atoms with Crippen LogP contribution in [0.2, 0.25) is 18.1 Å². The summed E-state index contributed by atoms with van der Waals surface area (Å²) in [4.78, 5) is 24.3. The molecule has 0 aromatic carbocycles. The lowest BCUT2D eigenvalue weighted by atomic mass is 10.1. The van der Waals surface area contributed by atoms with E-state index in [1.807, 2.05) is 0 Å². The van der Waals surface area contributed by atoms with E-state index in [1.165, 1.54) is 11.0 Å². The number of nitrogens with zero attached hydrogens (tertiary/aromatic N) is 1. The van der Waals surface area contributed by atoms with E-state index >= 15 is 0 Å². The predicted octanol–water partition coefficient (Wildman–Crippen LogP) is 3.25. The maximum atomic E-state index is 11.5. The van der Waals surface area contributed by atoms with E-state index in [0.29, 0.717) is 19.6 Å². The summed E-state index contributed by atoms with van der Waals surface area (Å²) in [6.07, 6.45) is 2.31. The molecule has 1 saturated heterocycles. The van der Waals surface area contributed by atoms with Crippen molar-refractivity contribution in [3.05, 3.63) is 12.2 Å². The Morgan fingerprint density at radius 3 is 2.43 bits per heavy atom. The van der Waals surface area contributed by atoms with Crippen molar-refractivity contribution in [2.24, 2.45) is 0 Å². The molecular weight excluding hydrogens is 314 g/mol. The molecule has 0 aromatic rings. The minimum absolute atomic E-state index is 0.0407. The first-order valence-corrected chi connectivity index (χ1v) is 10.9. The molecule has 1 rings (SSSR count). The van der Waals surface area contributed by atoms with Crippen LogP contribution in [0.25, 0.3) is 0 Å². The second kappa shape index (κ2) is 7.48. The summed E-state index contributed by atoms with van der Waals surface area (Å²) >= 11 is 0. The zero-order valence-corrected chi connectivity index (χ0v) is 16.0. The van der Waals surface area contributed by atoms with Crippen molar-refractivity contribution in [3.63, 3.8) is 0 Å². The number of carboxylic acid groups (broad SMARTS) is 1. The molecule has 132 valence electrons. The number of amides is 1. The van der Waals surface area contributed by atoms with Gasteiger partial charge in [-0.3, -0.25) is 4.90 Å². The van der Waals surface area contributed by atoms with Gasteiger partial charge in [0.2, 0.25) is 0 Å². The van der Waals surface area contributed by atoms with Crippen molar-refractivity contribution in [3.8, 4) is 0 Å². The highest BCUT2D eigenvalue weighted by Gasteiger charge is 2.44. The summed E-state index contributed by atoms with van der Waals surface area (Å²) < 4.78 is 11.2. The van der Waals surface area contributed by atoms with Crippen LogP contribution in [0, 0.1) is 0 Å². The van der Waals surface area contributed by atoms with Crippen LogP contribution < -0.4 is 0 Å². The number of likely N-dealkylation sites (tertiary alicyclic amines) is 1. The summed E-state index contributed by atoms with van der Waals surface area (Å²) in [6, 6.07) is -0.453. The minimum atomic E-state index is -2.02. The van der Waals surface area contributed by atoms with Gasteiger partial charge in [0.15, 0.2) is 8.32 Å². The third-order valence-electron chi connectivity index (χ3n) is 4.61. The third kappa shape index (κ3) is 5.07. The monoisotopic (exact) mass is 343 g/mol. The molecule has 1 aliphatic heterocycles. The first-order valence-electron chi connectivity index (χ1n) is 8.02. The van der Waals surface area contributed by atoms with Crippen molar-refractivity contribution in [1.82, 2.24) is 4.90 Å². The molecular formula is C16H29NO5Si. The van der Waals surface area contributed by atoms with E-state index in [9.17, 15) is 14.7 Å². The molecule has 0 aromatic heterocycles. The number of ether oxygens (including phenoxy) is 1. The Bertz CT molecular complexity index is 470. The van der Waals surface area contributed by atoms with Gasteiger partial charge >= 0.3 is 12.1 Å². The second-order valence-corrected chi connectivity index (χ2v) is 12.0. The second-order valence-electron chi connectivity index (χ2n) is 7.28. The van der Waals surface area contributed by atoms with Crippen LogP contribution in [0.1, 0.15) is 34.1 Å². The topological polar surface area (TPSA) is 76.1 Å². The van der Waals surface area contributed by atoms with Crippen LogP contribution in [0.4, 0.5) is 4.79 Å². The minimum Gasteiger partial charge on any atom is -0.465 e. The average molecular weight is 343 g/mol. The molecule has 23 heavy (non-hydrogen) atoms. The van der Waals surface area contributed by atoms with Gasteiger partial charge in [-0.1, -0.05) is 26.8 Å². The maximum Gasteiger partial charge on any atom is 0.407 e. The smallest absolute Gasteiger partial charge is 0.407 e. The van der Waals surface area contributed by atoms with Gasteiger partial charge in [0, 0.05) is 12.6 Å². The largest absolute Gasteiger partial charge is 0.465 e.